The van der Waals surface area contributed by atoms with Crippen LogP contribution < -0.4 is 0 Å². The fourth-order valence-corrected chi connectivity index (χ4v) is 14.2. The Hall–Kier alpha value is -1.94. The van der Waals surface area contributed by atoms with Gasteiger partial charge < -0.3 is 33.8 Å². The van der Waals surface area contributed by atoms with Gasteiger partial charge in [0.05, 0.1) is 26.4 Å². The molecule has 600 valence electrons. The molecule has 0 spiro atoms. The highest BCUT2D eigenvalue weighted by Gasteiger charge is 2.30. The molecule has 4 unspecified atom stereocenters. The van der Waals surface area contributed by atoms with E-state index in [0.717, 1.165) is 114 Å². The van der Waals surface area contributed by atoms with E-state index < -0.39 is 97.5 Å². The summed E-state index contributed by atoms with van der Waals surface area (Å²) in [5.41, 5.74) is 0. The van der Waals surface area contributed by atoms with Crippen LogP contribution in [0, 0.1) is 23.7 Å². The second-order valence-corrected chi connectivity index (χ2v) is 34.1. The standard InChI is InChI=1S/C82H160O17P2/c1-9-75(8)61-53-45-37-29-23-17-11-13-19-25-31-39-48-56-64-81(86)98-77(68-92-79(84)62-54-46-38-30-24-18-12-10-15-21-27-34-42-50-58-72(2)3)70-96-100(88,89)94-66-76(83)67-95-101(90,91)97-71-78(69-93-80(85)63-55-47-41-33-36-44-52-60-74(6)7)99-82(87)65-57-49-40-32-26-20-14-16-22-28-35-43-51-59-73(4)5/h72-78,83H,9-71H2,1-8H3,(H,88,89)(H,90,91)/t75?,76?,77-,78-/m1/s1. The molecular formula is C82H160O17P2. The maximum atomic E-state index is 13.1. The van der Waals surface area contributed by atoms with E-state index in [9.17, 15) is 43.2 Å². The number of aliphatic hydroxyl groups is 1. The predicted octanol–water partition coefficient (Wildman–Crippen LogP) is 24.4. The zero-order valence-electron chi connectivity index (χ0n) is 66.5. The quantitative estimate of drug-likeness (QED) is 0.0222. The van der Waals surface area contributed by atoms with Crippen LogP contribution in [0.15, 0.2) is 0 Å². The molecule has 19 heteroatoms. The van der Waals surface area contributed by atoms with E-state index in [0.29, 0.717) is 31.6 Å². The largest absolute Gasteiger partial charge is 0.472 e. The summed E-state index contributed by atoms with van der Waals surface area (Å²) < 4.78 is 68.8. The van der Waals surface area contributed by atoms with Crippen molar-refractivity contribution in [1.82, 2.24) is 0 Å². The summed E-state index contributed by atoms with van der Waals surface area (Å²) in [5.74, 6) is 1.02. The van der Waals surface area contributed by atoms with Crippen molar-refractivity contribution in [3.05, 3.63) is 0 Å². The number of hydrogen-bond acceptors (Lipinski definition) is 15. The molecular weight excluding hydrogens is 1320 g/mol. The normalized spacial score (nSPS) is 14.3. The van der Waals surface area contributed by atoms with Crippen molar-refractivity contribution >= 4 is 39.5 Å². The summed E-state index contributed by atoms with van der Waals surface area (Å²) in [6, 6.07) is 0. The number of carbonyl (C=O) groups is 4. The van der Waals surface area contributed by atoms with Crippen molar-refractivity contribution in [2.24, 2.45) is 23.7 Å². The molecule has 0 aromatic rings. The lowest BCUT2D eigenvalue weighted by Gasteiger charge is -2.21. The zero-order chi connectivity index (χ0) is 74.6. The molecule has 0 fully saturated rings. The highest BCUT2D eigenvalue weighted by molar-refractivity contribution is 7.47. The van der Waals surface area contributed by atoms with E-state index in [-0.39, 0.29) is 25.7 Å². The number of hydrogen-bond donors (Lipinski definition) is 3. The highest BCUT2D eigenvalue weighted by Crippen LogP contribution is 2.45. The molecule has 0 aromatic heterocycles. The highest BCUT2D eigenvalue weighted by atomic mass is 31.2. The first-order valence-corrected chi connectivity index (χ1v) is 45.2. The Labute approximate surface area is 619 Å². The van der Waals surface area contributed by atoms with Crippen LogP contribution in [0.5, 0.6) is 0 Å². The first kappa shape index (κ1) is 99.1. The maximum absolute atomic E-state index is 13.1. The van der Waals surface area contributed by atoms with Crippen molar-refractivity contribution < 1.29 is 80.2 Å². The van der Waals surface area contributed by atoms with Crippen molar-refractivity contribution in [3.63, 3.8) is 0 Å². The molecule has 0 amide bonds. The fraction of sp³-hybridized carbons (Fsp3) is 0.951. The molecule has 3 N–H and O–H groups in total. The van der Waals surface area contributed by atoms with Crippen molar-refractivity contribution in [3.8, 4) is 0 Å². The Bertz CT molecular complexity index is 1970. The molecule has 6 atom stereocenters. The number of carbonyl (C=O) groups excluding carboxylic acids is 4. The zero-order valence-corrected chi connectivity index (χ0v) is 68.3. The second-order valence-electron chi connectivity index (χ2n) is 31.2. The minimum Gasteiger partial charge on any atom is -0.462 e. The van der Waals surface area contributed by atoms with Gasteiger partial charge in [0.2, 0.25) is 0 Å². The summed E-state index contributed by atoms with van der Waals surface area (Å²) in [6.07, 6.45) is 58.2. The van der Waals surface area contributed by atoms with Gasteiger partial charge in [-0.05, 0) is 49.4 Å². The van der Waals surface area contributed by atoms with Gasteiger partial charge in [-0.1, -0.05) is 370 Å². The number of phosphoric ester groups is 2. The van der Waals surface area contributed by atoms with Gasteiger partial charge in [0.1, 0.15) is 19.3 Å². The monoisotopic (exact) mass is 1480 g/mol. The topological polar surface area (TPSA) is 237 Å². The minimum atomic E-state index is -4.96. The lowest BCUT2D eigenvalue weighted by Crippen LogP contribution is -2.30. The van der Waals surface area contributed by atoms with Gasteiger partial charge in [-0.2, -0.15) is 0 Å². The Morgan fingerprint density at radius 3 is 0.703 bits per heavy atom. The summed E-state index contributed by atoms with van der Waals surface area (Å²) in [7, 11) is -9.92. The molecule has 0 saturated heterocycles. The third kappa shape index (κ3) is 74.7. The van der Waals surface area contributed by atoms with Crippen LogP contribution in [0.1, 0.15) is 421 Å². The van der Waals surface area contributed by atoms with Crippen LogP contribution in [0.3, 0.4) is 0 Å². The van der Waals surface area contributed by atoms with Crippen LogP contribution in [-0.2, 0) is 65.4 Å². The number of aliphatic hydroxyl groups excluding tert-OH is 1. The summed E-state index contributed by atoms with van der Waals surface area (Å²) in [5, 5.41) is 10.7. The molecule has 17 nitrogen and oxygen atoms in total. The van der Waals surface area contributed by atoms with E-state index in [1.54, 1.807) is 0 Å². The Morgan fingerprint density at radius 1 is 0.277 bits per heavy atom. The van der Waals surface area contributed by atoms with Crippen LogP contribution in [0.4, 0.5) is 0 Å². The third-order valence-electron chi connectivity index (χ3n) is 19.4. The minimum absolute atomic E-state index is 0.106. The average Bonchev–Trinajstić information content (AvgIpc) is 0.922. The number of unbranched alkanes of at least 4 members (excludes halogenated alkanes) is 44. The van der Waals surface area contributed by atoms with Gasteiger partial charge >= 0.3 is 39.5 Å². The van der Waals surface area contributed by atoms with Gasteiger partial charge in [0.15, 0.2) is 12.2 Å². The van der Waals surface area contributed by atoms with Gasteiger partial charge in [0, 0.05) is 25.7 Å². The SMILES string of the molecule is CCC(C)CCCCCCCCCCCCCCCCC(=O)O[C@H](COC(=O)CCCCCCCCCCCCCCCCC(C)C)COP(=O)(O)OCC(O)COP(=O)(O)OC[C@@H](COC(=O)CCCCCCCCCC(C)C)OC(=O)CCCCCCCCCCCCCCCC(C)C. The average molecular weight is 1480 g/mol. The van der Waals surface area contributed by atoms with Crippen molar-refractivity contribution in [2.75, 3.05) is 39.6 Å². The summed E-state index contributed by atoms with van der Waals surface area (Å²) >= 11 is 0. The van der Waals surface area contributed by atoms with Gasteiger partial charge in [-0.25, -0.2) is 9.13 Å². The predicted molar refractivity (Wildman–Crippen MR) is 414 cm³/mol. The molecule has 0 bridgehead atoms. The summed E-state index contributed by atoms with van der Waals surface area (Å²) in [4.78, 5) is 73.1. The fourth-order valence-electron chi connectivity index (χ4n) is 12.6. The molecule has 0 aliphatic carbocycles. The van der Waals surface area contributed by atoms with Crippen molar-refractivity contribution in [1.29, 1.82) is 0 Å². The molecule has 0 aliphatic rings. The van der Waals surface area contributed by atoms with E-state index >= 15 is 0 Å². The Kier molecular flexibility index (Phi) is 69.6. The lowest BCUT2D eigenvalue weighted by molar-refractivity contribution is -0.161. The van der Waals surface area contributed by atoms with Crippen LogP contribution in [0.25, 0.3) is 0 Å². The Morgan fingerprint density at radius 2 is 0.475 bits per heavy atom. The second kappa shape index (κ2) is 71.0. The first-order chi connectivity index (χ1) is 48.6. The van der Waals surface area contributed by atoms with E-state index in [4.69, 9.17) is 37.0 Å². The molecule has 0 rings (SSSR count). The number of esters is 4. The van der Waals surface area contributed by atoms with Gasteiger partial charge in [0.25, 0.3) is 0 Å². The van der Waals surface area contributed by atoms with Gasteiger partial charge in [-0.15, -0.1) is 0 Å². The molecule has 0 heterocycles. The van der Waals surface area contributed by atoms with Gasteiger partial charge in [-0.3, -0.25) is 37.3 Å². The van der Waals surface area contributed by atoms with Crippen molar-refractivity contribution in [2.45, 2.75) is 440 Å². The van der Waals surface area contributed by atoms with E-state index in [1.807, 2.05) is 0 Å². The molecule has 101 heavy (non-hydrogen) atoms. The van der Waals surface area contributed by atoms with E-state index in [2.05, 4.69) is 55.4 Å². The van der Waals surface area contributed by atoms with Crippen LogP contribution in [0.2, 0.25) is 0 Å². The lowest BCUT2D eigenvalue weighted by atomic mass is 9.99. The number of ether oxygens (including phenoxy) is 4. The number of phosphoric acid groups is 2. The third-order valence-corrected chi connectivity index (χ3v) is 21.3. The Balaban J connectivity index is 5.25. The molecule has 0 aliphatic heterocycles. The maximum Gasteiger partial charge on any atom is 0.472 e. The summed E-state index contributed by atoms with van der Waals surface area (Å²) in [6.45, 7) is 14.3. The van der Waals surface area contributed by atoms with Crippen LogP contribution in [-0.4, -0.2) is 96.7 Å². The first-order valence-electron chi connectivity index (χ1n) is 42.2. The molecule has 0 radical (unpaired) electrons. The smallest absolute Gasteiger partial charge is 0.462 e. The number of rotatable bonds is 79. The molecule has 0 aromatic carbocycles. The van der Waals surface area contributed by atoms with Crippen LogP contribution >= 0.6 is 15.6 Å². The van der Waals surface area contributed by atoms with E-state index in [1.165, 1.54) is 218 Å². The molecule has 0 saturated carbocycles.